The number of pyridine rings is 1. The Morgan fingerprint density at radius 1 is 1.36 bits per heavy atom. The van der Waals surface area contributed by atoms with Gasteiger partial charge in [0.1, 0.15) is 5.82 Å². The van der Waals surface area contributed by atoms with Crippen molar-refractivity contribution in [2.75, 3.05) is 11.9 Å². The van der Waals surface area contributed by atoms with E-state index in [4.69, 9.17) is 4.52 Å². The molecule has 1 atom stereocenters. The lowest BCUT2D eigenvalue weighted by Crippen LogP contribution is -2.43. The Morgan fingerprint density at radius 3 is 2.72 bits per heavy atom. The van der Waals surface area contributed by atoms with Gasteiger partial charge in [-0.05, 0) is 32.9 Å². The Morgan fingerprint density at radius 2 is 2.12 bits per heavy atom. The predicted octanol–water partition coefficient (Wildman–Crippen LogP) is 3.07. The van der Waals surface area contributed by atoms with Crippen molar-refractivity contribution in [2.24, 2.45) is 0 Å². The molecule has 0 aromatic carbocycles. The van der Waals surface area contributed by atoms with Crippen LogP contribution in [0.4, 0.5) is 5.82 Å². The maximum absolute atomic E-state index is 12.2. The van der Waals surface area contributed by atoms with E-state index in [1.54, 1.807) is 6.20 Å². The summed E-state index contributed by atoms with van der Waals surface area (Å²) in [6.07, 6.45) is 2.18. The molecule has 0 radical (unpaired) electrons. The lowest BCUT2D eigenvalue weighted by Gasteiger charge is -2.32. The molecule has 2 aromatic heterocycles. The van der Waals surface area contributed by atoms with E-state index in [1.165, 1.54) is 0 Å². The van der Waals surface area contributed by atoms with Crippen molar-refractivity contribution in [3.63, 3.8) is 0 Å². The number of carbonyl (C=O) groups excluding carboxylic acids is 1. The van der Waals surface area contributed by atoms with Crippen molar-refractivity contribution in [3.05, 3.63) is 24.2 Å². The van der Waals surface area contributed by atoms with Crippen LogP contribution in [0.15, 0.2) is 22.9 Å². The fourth-order valence-corrected chi connectivity index (χ4v) is 2.89. The summed E-state index contributed by atoms with van der Waals surface area (Å²) in [5.41, 5.74) is 0.647. The third kappa shape index (κ3) is 3.81. The average molecular weight is 343 g/mol. The monoisotopic (exact) mass is 343 g/mol. The van der Waals surface area contributed by atoms with Crippen LogP contribution < -0.4 is 5.32 Å². The minimum Gasteiger partial charge on any atom is -0.365 e. The number of nitrogens with zero attached hydrogens (tertiary/aromatic N) is 4. The van der Waals surface area contributed by atoms with Crippen LogP contribution in [0, 0.1) is 0 Å². The predicted molar refractivity (Wildman–Crippen MR) is 95.1 cm³/mol. The second-order valence-electron chi connectivity index (χ2n) is 7.76. The van der Waals surface area contributed by atoms with E-state index in [-0.39, 0.29) is 23.4 Å². The maximum atomic E-state index is 12.2. The molecule has 3 heterocycles. The highest BCUT2D eigenvalue weighted by molar-refractivity contribution is 5.80. The Balaban J connectivity index is 1.73. The first kappa shape index (κ1) is 17.4. The number of nitrogens with one attached hydrogen (secondary N) is 1. The van der Waals surface area contributed by atoms with Crippen LogP contribution in [0.5, 0.6) is 0 Å². The topological polar surface area (TPSA) is 84.2 Å². The molecule has 1 unspecified atom stereocenters. The molecule has 3 rings (SSSR count). The lowest BCUT2D eigenvalue weighted by atomic mass is 10.1. The minimum absolute atomic E-state index is 0.0448. The SMILES string of the molecule is CC(C)c1noc(-c2ccnc(NC3CC(=O)N(C(C)(C)C)C3)c2)n1. The number of carbonyl (C=O) groups is 1. The number of likely N-dealkylation sites (tertiary alicyclic amines) is 1. The van der Waals surface area contributed by atoms with Gasteiger partial charge < -0.3 is 14.7 Å². The van der Waals surface area contributed by atoms with Crippen molar-refractivity contribution in [1.82, 2.24) is 20.0 Å². The number of aromatic nitrogens is 3. The highest BCUT2D eigenvalue weighted by atomic mass is 16.5. The van der Waals surface area contributed by atoms with E-state index in [2.05, 4.69) is 20.4 Å². The summed E-state index contributed by atoms with van der Waals surface area (Å²) in [5.74, 6) is 2.25. The normalized spacial score (nSPS) is 18.2. The highest BCUT2D eigenvalue weighted by Crippen LogP contribution is 2.25. The van der Waals surface area contributed by atoms with Crippen molar-refractivity contribution in [3.8, 4) is 11.5 Å². The van der Waals surface area contributed by atoms with Crippen molar-refractivity contribution in [1.29, 1.82) is 0 Å². The fraction of sp³-hybridized carbons (Fsp3) is 0.556. The molecule has 0 bridgehead atoms. The van der Waals surface area contributed by atoms with Gasteiger partial charge in [-0.1, -0.05) is 19.0 Å². The third-order valence-electron chi connectivity index (χ3n) is 4.25. The van der Waals surface area contributed by atoms with Crippen LogP contribution in [-0.2, 0) is 4.79 Å². The number of anilines is 1. The van der Waals surface area contributed by atoms with Gasteiger partial charge in [-0.15, -0.1) is 0 Å². The minimum atomic E-state index is -0.167. The van der Waals surface area contributed by atoms with E-state index in [9.17, 15) is 4.79 Å². The molecule has 1 aliphatic rings. The summed E-state index contributed by atoms with van der Waals surface area (Å²) in [5, 5.41) is 7.34. The Labute approximate surface area is 147 Å². The standard InChI is InChI=1S/C18H25N5O2/c1-11(2)16-21-17(25-22-16)12-6-7-19-14(8-12)20-13-9-15(24)23(10-13)18(3,4)5/h6-8,11,13H,9-10H2,1-5H3,(H,19,20). The van der Waals surface area contributed by atoms with Crippen LogP contribution in [0.1, 0.15) is 52.8 Å². The van der Waals surface area contributed by atoms with Gasteiger partial charge in [-0.3, -0.25) is 4.79 Å². The zero-order valence-corrected chi connectivity index (χ0v) is 15.4. The maximum Gasteiger partial charge on any atom is 0.258 e. The zero-order valence-electron chi connectivity index (χ0n) is 15.4. The second-order valence-corrected chi connectivity index (χ2v) is 7.76. The van der Waals surface area contributed by atoms with Crippen LogP contribution in [0.3, 0.4) is 0 Å². The Bertz CT molecular complexity index is 763. The van der Waals surface area contributed by atoms with E-state index >= 15 is 0 Å². The van der Waals surface area contributed by atoms with E-state index in [1.807, 2.05) is 51.7 Å². The fourth-order valence-electron chi connectivity index (χ4n) is 2.89. The largest absolute Gasteiger partial charge is 0.365 e. The molecule has 25 heavy (non-hydrogen) atoms. The smallest absolute Gasteiger partial charge is 0.258 e. The molecule has 1 fully saturated rings. The van der Waals surface area contributed by atoms with Crippen LogP contribution >= 0.6 is 0 Å². The quantitative estimate of drug-likeness (QED) is 0.918. The number of hydrogen-bond acceptors (Lipinski definition) is 6. The molecule has 7 heteroatoms. The van der Waals surface area contributed by atoms with Crippen LogP contribution in [0.25, 0.3) is 11.5 Å². The van der Waals surface area contributed by atoms with Gasteiger partial charge in [-0.2, -0.15) is 4.98 Å². The molecule has 2 aromatic rings. The highest BCUT2D eigenvalue weighted by Gasteiger charge is 2.36. The summed E-state index contributed by atoms with van der Waals surface area (Å²) in [6.45, 7) is 10.9. The van der Waals surface area contributed by atoms with Crippen LogP contribution in [-0.4, -0.2) is 44.1 Å². The summed E-state index contributed by atoms with van der Waals surface area (Å²) in [7, 11) is 0. The molecule has 1 saturated heterocycles. The first-order valence-electron chi connectivity index (χ1n) is 8.61. The van der Waals surface area contributed by atoms with Crippen molar-refractivity contribution >= 4 is 11.7 Å². The molecular formula is C18H25N5O2. The Hall–Kier alpha value is -2.44. The first-order chi connectivity index (χ1) is 11.7. The number of amides is 1. The third-order valence-corrected chi connectivity index (χ3v) is 4.25. The summed E-state index contributed by atoms with van der Waals surface area (Å²) >= 11 is 0. The van der Waals surface area contributed by atoms with E-state index in [0.717, 1.165) is 5.56 Å². The van der Waals surface area contributed by atoms with E-state index in [0.29, 0.717) is 30.5 Å². The molecule has 7 nitrogen and oxygen atoms in total. The molecule has 0 aliphatic carbocycles. The summed E-state index contributed by atoms with van der Waals surface area (Å²) < 4.78 is 5.34. The van der Waals surface area contributed by atoms with Gasteiger partial charge >= 0.3 is 0 Å². The first-order valence-corrected chi connectivity index (χ1v) is 8.61. The molecule has 1 aliphatic heterocycles. The van der Waals surface area contributed by atoms with Crippen LogP contribution in [0.2, 0.25) is 0 Å². The molecule has 0 spiro atoms. The van der Waals surface area contributed by atoms with Gasteiger partial charge in [0.25, 0.3) is 5.89 Å². The molecular weight excluding hydrogens is 318 g/mol. The average Bonchev–Trinajstić information content (AvgIpc) is 3.14. The second kappa shape index (κ2) is 6.46. The van der Waals surface area contributed by atoms with Gasteiger partial charge in [-0.25, -0.2) is 4.98 Å². The van der Waals surface area contributed by atoms with Crippen molar-refractivity contribution < 1.29 is 9.32 Å². The van der Waals surface area contributed by atoms with E-state index < -0.39 is 0 Å². The lowest BCUT2D eigenvalue weighted by molar-refractivity contribution is -0.131. The molecule has 1 amide bonds. The van der Waals surface area contributed by atoms with Gasteiger partial charge in [0.2, 0.25) is 5.91 Å². The molecule has 0 saturated carbocycles. The summed E-state index contributed by atoms with van der Waals surface area (Å²) in [6, 6.07) is 3.76. The Kier molecular flexibility index (Phi) is 4.49. The van der Waals surface area contributed by atoms with Gasteiger partial charge in [0, 0.05) is 36.2 Å². The number of rotatable bonds is 4. The van der Waals surface area contributed by atoms with Gasteiger partial charge in [0.15, 0.2) is 5.82 Å². The zero-order chi connectivity index (χ0) is 18.2. The molecule has 134 valence electrons. The molecule has 1 N–H and O–H groups in total. The van der Waals surface area contributed by atoms with Crippen molar-refractivity contribution in [2.45, 2.75) is 58.5 Å². The number of hydrogen-bond donors (Lipinski definition) is 1. The van der Waals surface area contributed by atoms with Gasteiger partial charge in [0.05, 0.1) is 6.04 Å². The summed E-state index contributed by atoms with van der Waals surface area (Å²) in [4.78, 5) is 22.9.